The molecule has 194 valence electrons. The first-order valence-corrected chi connectivity index (χ1v) is 13.4. The summed E-state index contributed by atoms with van der Waals surface area (Å²) in [6.07, 6.45) is 2.41. The van der Waals surface area contributed by atoms with E-state index in [-0.39, 0.29) is 17.4 Å². The number of hydrogen-bond donors (Lipinski definition) is 0. The van der Waals surface area contributed by atoms with Crippen molar-refractivity contribution in [2.75, 3.05) is 19.7 Å². The highest BCUT2D eigenvalue weighted by molar-refractivity contribution is 8.18. The summed E-state index contributed by atoms with van der Waals surface area (Å²) in [6, 6.07) is 23.2. The Labute approximate surface area is 226 Å². The maximum atomic E-state index is 13.1. The van der Waals surface area contributed by atoms with E-state index in [9.17, 15) is 14.4 Å². The van der Waals surface area contributed by atoms with Crippen LogP contribution in [0, 0.1) is 0 Å². The van der Waals surface area contributed by atoms with Crippen molar-refractivity contribution in [2.24, 2.45) is 0 Å². The quantitative estimate of drug-likeness (QED) is 0.370. The number of hydrogen-bond acceptors (Lipinski definition) is 6. The van der Waals surface area contributed by atoms with E-state index in [0.717, 1.165) is 34.2 Å². The van der Waals surface area contributed by atoms with Gasteiger partial charge >= 0.3 is 0 Å². The average Bonchev–Trinajstić information content (AvgIpc) is 3.20. The number of nitrogens with zero attached hydrogens (tertiary/aromatic N) is 2. The van der Waals surface area contributed by atoms with Gasteiger partial charge in [-0.05, 0) is 65.6 Å². The second-order valence-corrected chi connectivity index (χ2v) is 10.0. The van der Waals surface area contributed by atoms with Crippen molar-refractivity contribution >= 4 is 34.9 Å². The van der Waals surface area contributed by atoms with Crippen LogP contribution in [0.4, 0.5) is 4.79 Å². The van der Waals surface area contributed by atoms with Crippen molar-refractivity contribution in [3.63, 3.8) is 0 Å². The van der Waals surface area contributed by atoms with Crippen molar-refractivity contribution in [1.82, 2.24) is 9.80 Å². The number of thioether (sulfide) groups is 1. The number of amides is 3. The molecule has 0 atom stereocenters. The molecule has 3 amide bonds. The summed E-state index contributed by atoms with van der Waals surface area (Å²) < 4.78 is 11.7. The summed E-state index contributed by atoms with van der Waals surface area (Å²) in [6.45, 7) is 3.53. The summed E-state index contributed by atoms with van der Waals surface area (Å²) in [5.74, 6) is 0.446. The number of ether oxygens (including phenoxy) is 2. The predicted molar refractivity (Wildman–Crippen MR) is 147 cm³/mol. The van der Waals surface area contributed by atoms with E-state index in [4.69, 9.17) is 9.47 Å². The van der Waals surface area contributed by atoms with E-state index in [0.29, 0.717) is 43.4 Å². The second kappa shape index (κ2) is 11.6. The molecule has 0 N–H and O–H groups in total. The third-order valence-corrected chi connectivity index (χ3v) is 7.36. The van der Waals surface area contributed by atoms with Crippen LogP contribution >= 0.6 is 11.8 Å². The molecule has 7 nitrogen and oxygen atoms in total. The van der Waals surface area contributed by atoms with Gasteiger partial charge in [-0.3, -0.25) is 19.3 Å². The van der Waals surface area contributed by atoms with E-state index in [1.807, 2.05) is 61.5 Å². The minimum atomic E-state index is -0.465. The maximum Gasteiger partial charge on any atom is 0.294 e. The highest BCUT2D eigenvalue weighted by Gasteiger charge is 2.37. The Kier molecular flexibility index (Phi) is 7.79. The Morgan fingerprint density at radius 3 is 2.50 bits per heavy atom. The predicted octanol–water partition coefficient (Wildman–Crippen LogP) is 5.29. The highest BCUT2D eigenvalue weighted by atomic mass is 32.2. The fourth-order valence-corrected chi connectivity index (χ4v) is 5.31. The van der Waals surface area contributed by atoms with Crippen LogP contribution in [0.2, 0.25) is 0 Å². The average molecular weight is 529 g/mol. The number of benzene rings is 3. The molecule has 3 aromatic rings. The molecule has 8 heteroatoms. The Hall–Kier alpha value is -4.04. The molecule has 2 aliphatic rings. The summed E-state index contributed by atoms with van der Waals surface area (Å²) >= 11 is 0.841. The largest absolute Gasteiger partial charge is 0.490 e. The minimum absolute atomic E-state index is 0.235. The van der Waals surface area contributed by atoms with Gasteiger partial charge in [-0.15, -0.1) is 0 Å². The van der Waals surface area contributed by atoms with E-state index in [2.05, 4.69) is 6.07 Å². The Morgan fingerprint density at radius 2 is 1.71 bits per heavy atom. The van der Waals surface area contributed by atoms with Crippen molar-refractivity contribution in [1.29, 1.82) is 0 Å². The van der Waals surface area contributed by atoms with Crippen molar-refractivity contribution in [2.45, 2.75) is 26.5 Å². The van der Waals surface area contributed by atoms with Crippen molar-refractivity contribution in [3.8, 4) is 11.5 Å². The zero-order valence-electron chi connectivity index (χ0n) is 21.1. The van der Waals surface area contributed by atoms with Gasteiger partial charge in [0.2, 0.25) is 5.91 Å². The number of carbonyl (C=O) groups excluding carboxylic acids is 3. The molecule has 1 saturated heterocycles. The van der Waals surface area contributed by atoms with Gasteiger partial charge < -0.3 is 14.4 Å². The van der Waals surface area contributed by atoms with Crippen LogP contribution in [0.1, 0.15) is 29.2 Å². The number of fused-ring (bicyclic) bond motifs is 1. The molecule has 0 radical (unpaired) electrons. The summed E-state index contributed by atoms with van der Waals surface area (Å²) in [4.78, 5) is 41.7. The molecule has 5 rings (SSSR count). The lowest BCUT2D eigenvalue weighted by Crippen LogP contribution is -2.44. The van der Waals surface area contributed by atoms with Gasteiger partial charge in [-0.25, -0.2) is 0 Å². The Morgan fingerprint density at radius 1 is 0.947 bits per heavy atom. The standard InChI is InChI=1S/C30H28N2O5S/c1-2-36-26-16-22(12-13-25(26)37-20-21-8-4-3-5-9-21)17-27-29(34)32(30(35)38-27)19-28(33)31-15-14-23-10-6-7-11-24(23)18-31/h3-13,16-17H,2,14-15,18-20H2,1H3/b27-17+. The second-order valence-electron chi connectivity index (χ2n) is 9.02. The van der Waals surface area contributed by atoms with Crippen LogP contribution in [-0.2, 0) is 29.2 Å². The first-order chi connectivity index (χ1) is 18.5. The lowest BCUT2D eigenvalue weighted by molar-refractivity contribution is -0.136. The van der Waals surface area contributed by atoms with Crippen LogP contribution in [0.25, 0.3) is 6.08 Å². The van der Waals surface area contributed by atoms with Gasteiger partial charge in [0.1, 0.15) is 13.2 Å². The first kappa shape index (κ1) is 25.6. The summed E-state index contributed by atoms with van der Waals surface area (Å²) in [5.41, 5.74) is 4.07. The lowest BCUT2D eigenvalue weighted by Gasteiger charge is -2.29. The molecule has 0 bridgehead atoms. The van der Waals surface area contributed by atoms with E-state index in [1.165, 1.54) is 5.56 Å². The zero-order chi connectivity index (χ0) is 26.5. The van der Waals surface area contributed by atoms with Gasteiger partial charge in [0.25, 0.3) is 11.1 Å². The van der Waals surface area contributed by atoms with Crippen molar-refractivity contribution in [3.05, 3.63) is 100.0 Å². The van der Waals surface area contributed by atoms with Gasteiger partial charge in [0.15, 0.2) is 11.5 Å². The molecule has 0 aliphatic carbocycles. The van der Waals surface area contributed by atoms with Gasteiger partial charge in [-0.2, -0.15) is 0 Å². The molecule has 0 spiro atoms. The van der Waals surface area contributed by atoms with E-state index >= 15 is 0 Å². The Bertz CT molecular complexity index is 1390. The molecular weight excluding hydrogens is 500 g/mol. The third-order valence-electron chi connectivity index (χ3n) is 6.45. The number of carbonyl (C=O) groups is 3. The highest BCUT2D eigenvalue weighted by Crippen LogP contribution is 2.35. The van der Waals surface area contributed by atoms with E-state index < -0.39 is 11.1 Å². The summed E-state index contributed by atoms with van der Waals surface area (Å²) in [5, 5.41) is -0.445. The topological polar surface area (TPSA) is 76.2 Å². The number of imide groups is 1. The normalized spacial score (nSPS) is 16.1. The molecule has 2 aliphatic heterocycles. The maximum absolute atomic E-state index is 13.1. The summed E-state index contributed by atoms with van der Waals surface area (Å²) in [7, 11) is 0. The fourth-order valence-electron chi connectivity index (χ4n) is 4.47. The van der Waals surface area contributed by atoms with Crippen LogP contribution in [0.5, 0.6) is 11.5 Å². The third kappa shape index (κ3) is 5.75. The molecule has 1 fully saturated rings. The monoisotopic (exact) mass is 528 g/mol. The zero-order valence-corrected chi connectivity index (χ0v) is 21.9. The number of rotatable bonds is 8. The molecule has 0 unspecified atom stereocenters. The van der Waals surface area contributed by atoms with Crippen LogP contribution in [0.15, 0.2) is 77.7 Å². The molecule has 3 aromatic carbocycles. The molecule has 0 saturated carbocycles. The minimum Gasteiger partial charge on any atom is -0.490 e. The van der Waals surface area contributed by atoms with E-state index in [1.54, 1.807) is 23.1 Å². The molecular formula is C30H28N2O5S. The Balaban J connectivity index is 1.26. The van der Waals surface area contributed by atoms with Crippen LogP contribution in [0.3, 0.4) is 0 Å². The van der Waals surface area contributed by atoms with Crippen molar-refractivity contribution < 1.29 is 23.9 Å². The van der Waals surface area contributed by atoms with Crippen LogP contribution in [-0.4, -0.2) is 46.5 Å². The molecule has 0 aromatic heterocycles. The molecule has 2 heterocycles. The van der Waals surface area contributed by atoms with Gasteiger partial charge in [0, 0.05) is 13.1 Å². The first-order valence-electron chi connectivity index (χ1n) is 12.6. The molecule has 38 heavy (non-hydrogen) atoms. The SMILES string of the molecule is CCOc1cc(/C=C2/SC(=O)N(CC(=O)N3CCc4ccccc4C3)C2=O)ccc1OCc1ccccc1. The van der Waals surface area contributed by atoms with Crippen LogP contribution < -0.4 is 9.47 Å². The smallest absolute Gasteiger partial charge is 0.294 e. The fraction of sp³-hybridized carbons (Fsp3) is 0.233. The van der Waals surface area contributed by atoms with Gasteiger partial charge in [0.05, 0.1) is 11.5 Å². The van der Waals surface area contributed by atoms with Gasteiger partial charge in [-0.1, -0.05) is 60.7 Å². The lowest BCUT2D eigenvalue weighted by atomic mass is 10.00.